The summed E-state index contributed by atoms with van der Waals surface area (Å²) in [6, 6.07) is 7.47. The topological polar surface area (TPSA) is 67.2 Å². The fourth-order valence-corrected chi connectivity index (χ4v) is 3.26. The number of hydrogen-bond donors (Lipinski definition) is 2. The molecule has 0 saturated heterocycles. The third-order valence-electron chi connectivity index (χ3n) is 4.58. The molecule has 1 heterocycles. The number of benzene rings is 1. The van der Waals surface area contributed by atoms with Gasteiger partial charge in [-0.25, -0.2) is 0 Å². The van der Waals surface area contributed by atoms with Gasteiger partial charge in [0.2, 0.25) is 5.91 Å². The van der Waals surface area contributed by atoms with Gasteiger partial charge in [-0.05, 0) is 42.9 Å². The van der Waals surface area contributed by atoms with Gasteiger partial charge in [-0.15, -0.1) is 0 Å². The van der Waals surface area contributed by atoms with Crippen LogP contribution in [0.2, 0.25) is 5.02 Å². The molecular weight excluding hydrogens is 326 g/mol. The second kappa shape index (κ2) is 7.36. The lowest BCUT2D eigenvalue weighted by molar-refractivity contribution is -0.123. The van der Waals surface area contributed by atoms with Crippen molar-refractivity contribution in [2.24, 2.45) is 13.0 Å². The van der Waals surface area contributed by atoms with Crippen LogP contribution in [-0.2, 0) is 18.3 Å². The molecule has 0 spiro atoms. The largest absolute Gasteiger partial charge is 0.393 e. The summed E-state index contributed by atoms with van der Waals surface area (Å²) in [5, 5.41) is 17.6. The third-order valence-corrected chi connectivity index (χ3v) is 4.83. The van der Waals surface area contributed by atoms with Crippen molar-refractivity contribution in [3.63, 3.8) is 0 Å². The molecule has 1 saturated carbocycles. The number of hydrogen-bond acceptors (Lipinski definition) is 3. The zero-order chi connectivity index (χ0) is 17.1. The van der Waals surface area contributed by atoms with E-state index in [2.05, 4.69) is 10.4 Å². The number of nitrogens with zero attached hydrogens (tertiary/aromatic N) is 2. The number of carbonyl (C=O) groups excluding carboxylic acids is 1. The predicted molar refractivity (Wildman–Crippen MR) is 92.6 cm³/mol. The summed E-state index contributed by atoms with van der Waals surface area (Å²) in [4.78, 5) is 12.4. The normalized spacial score (nSPS) is 21.1. The summed E-state index contributed by atoms with van der Waals surface area (Å²) in [5.74, 6) is 0.281. The highest BCUT2D eigenvalue weighted by molar-refractivity contribution is 6.30. The first-order valence-electron chi connectivity index (χ1n) is 8.21. The average Bonchev–Trinajstić information content (AvgIpc) is 2.96. The molecule has 1 atom stereocenters. The molecule has 1 aliphatic carbocycles. The molecule has 0 radical (unpaired) electrons. The van der Waals surface area contributed by atoms with Gasteiger partial charge in [0, 0.05) is 30.3 Å². The van der Waals surface area contributed by atoms with Gasteiger partial charge in [0.1, 0.15) is 0 Å². The van der Waals surface area contributed by atoms with Crippen LogP contribution in [0.15, 0.2) is 36.7 Å². The summed E-state index contributed by atoms with van der Waals surface area (Å²) in [5.41, 5.74) is 2.08. The molecule has 128 valence electrons. The predicted octanol–water partition coefficient (Wildman–Crippen LogP) is 2.63. The highest BCUT2D eigenvalue weighted by atomic mass is 35.5. The standard InChI is InChI=1S/C18H22ClN3O2/c1-22-11-14(10-20-22)18(13-8-16(23)9-13)21-17(24)7-4-12-2-5-15(19)6-3-12/h2-3,5-6,10-11,13,16,18,23H,4,7-9H2,1H3,(H,21,24)/t13?,16?,18-/m0/s1. The Morgan fingerprint density at radius 1 is 1.42 bits per heavy atom. The summed E-state index contributed by atoms with van der Waals surface area (Å²) in [6.45, 7) is 0. The fraction of sp³-hybridized carbons (Fsp3) is 0.444. The molecular formula is C18H22ClN3O2. The SMILES string of the molecule is Cn1cc([C@@H](NC(=O)CCc2ccc(Cl)cc2)C2CC(O)C2)cn1. The van der Waals surface area contributed by atoms with Crippen LogP contribution in [0.3, 0.4) is 0 Å². The van der Waals surface area contributed by atoms with E-state index in [1.54, 1.807) is 10.9 Å². The van der Waals surface area contributed by atoms with Crippen molar-refractivity contribution in [2.45, 2.75) is 37.8 Å². The molecule has 3 rings (SSSR count). The smallest absolute Gasteiger partial charge is 0.220 e. The van der Waals surface area contributed by atoms with Gasteiger partial charge >= 0.3 is 0 Å². The van der Waals surface area contributed by atoms with Crippen molar-refractivity contribution < 1.29 is 9.90 Å². The van der Waals surface area contributed by atoms with Crippen LogP contribution in [0, 0.1) is 5.92 Å². The zero-order valence-electron chi connectivity index (χ0n) is 13.7. The molecule has 1 amide bonds. The van der Waals surface area contributed by atoms with E-state index in [1.807, 2.05) is 37.5 Å². The Morgan fingerprint density at radius 3 is 2.71 bits per heavy atom. The number of rotatable bonds is 6. The van der Waals surface area contributed by atoms with Crippen LogP contribution in [-0.4, -0.2) is 26.9 Å². The Hall–Kier alpha value is -1.85. The summed E-state index contributed by atoms with van der Waals surface area (Å²) >= 11 is 5.87. The minimum Gasteiger partial charge on any atom is -0.393 e. The molecule has 1 aliphatic rings. The first-order chi connectivity index (χ1) is 11.5. The van der Waals surface area contributed by atoms with E-state index in [1.165, 1.54) is 0 Å². The van der Waals surface area contributed by atoms with Gasteiger partial charge in [0.25, 0.3) is 0 Å². The van der Waals surface area contributed by atoms with E-state index < -0.39 is 0 Å². The number of aliphatic hydroxyl groups is 1. The lowest BCUT2D eigenvalue weighted by atomic mass is 9.75. The van der Waals surface area contributed by atoms with Crippen molar-refractivity contribution in [3.8, 4) is 0 Å². The summed E-state index contributed by atoms with van der Waals surface area (Å²) < 4.78 is 1.73. The molecule has 0 unspecified atom stereocenters. The van der Waals surface area contributed by atoms with E-state index in [-0.39, 0.29) is 24.0 Å². The minimum absolute atomic E-state index is 0.0141. The molecule has 0 bridgehead atoms. The summed E-state index contributed by atoms with van der Waals surface area (Å²) in [6.07, 6.45) is 6.00. The maximum Gasteiger partial charge on any atom is 0.220 e. The second-order valence-electron chi connectivity index (χ2n) is 6.50. The van der Waals surface area contributed by atoms with E-state index in [4.69, 9.17) is 11.6 Å². The highest BCUT2D eigenvalue weighted by Gasteiger charge is 2.36. The quantitative estimate of drug-likeness (QED) is 0.844. The second-order valence-corrected chi connectivity index (χ2v) is 6.94. The number of aliphatic hydroxyl groups excluding tert-OH is 1. The molecule has 24 heavy (non-hydrogen) atoms. The van der Waals surface area contributed by atoms with E-state index in [9.17, 15) is 9.90 Å². The first kappa shape index (κ1) is 17.0. The van der Waals surface area contributed by atoms with Gasteiger partial charge in [-0.3, -0.25) is 9.48 Å². The van der Waals surface area contributed by atoms with Crippen molar-refractivity contribution in [3.05, 3.63) is 52.8 Å². The van der Waals surface area contributed by atoms with Gasteiger partial charge in [-0.2, -0.15) is 5.10 Å². The molecule has 2 aromatic rings. The number of halogens is 1. The van der Waals surface area contributed by atoms with Crippen LogP contribution >= 0.6 is 11.6 Å². The van der Waals surface area contributed by atoms with Crippen molar-refractivity contribution in [1.29, 1.82) is 0 Å². The van der Waals surface area contributed by atoms with Crippen molar-refractivity contribution in [1.82, 2.24) is 15.1 Å². The fourth-order valence-electron chi connectivity index (χ4n) is 3.13. The van der Waals surface area contributed by atoms with Crippen LogP contribution in [0.1, 0.15) is 36.4 Å². The van der Waals surface area contributed by atoms with Crippen molar-refractivity contribution in [2.75, 3.05) is 0 Å². The maximum atomic E-state index is 12.4. The van der Waals surface area contributed by atoms with Crippen LogP contribution in [0.25, 0.3) is 0 Å². The number of carbonyl (C=O) groups is 1. The molecule has 1 aromatic carbocycles. The molecule has 0 aliphatic heterocycles. The Bertz CT molecular complexity index is 693. The maximum absolute atomic E-state index is 12.4. The molecule has 1 aromatic heterocycles. The Labute approximate surface area is 146 Å². The lowest BCUT2D eigenvalue weighted by Gasteiger charge is -2.37. The Kier molecular flexibility index (Phi) is 5.21. The molecule has 6 heteroatoms. The minimum atomic E-state index is -0.250. The van der Waals surface area contributed by atoms with Crippen molar-refractivity contribution >= 4 is 17.5 Å². The first-order valence-corrected chi connectivity index (χ1v) is 8.59. The van der Waals surface area contributed by atoms with Gasteiger partial charge < -0.3 is 10.4 Å². The molecule has 5 nitrogen and oxygen atoms in total. The monoisotopic (exact) mass is 347 g/mol. The van der Waals surface area contributed by atoms with Crippen LogP contribution < -0.4 is 5.32 Å². The van der Waals surface area contributed by atoms with Crippen LogP contribution in [0.5, 0.6) is 0 Å². The summed E-state index contributed by atoms with van der Waals surface area (Å²) in [7, 11) is 1.86. The third kappa shape index (κ3) is 4.16. The Morgan fingerprint density at radius 2 is 2.12 bits per heavy atom. The van der Waals surface area contributed by atoms with Gasteiger partial charge in [-0.1, -0.05) is 23.7 Å². The van der Waals surface area contributed by atoms with E-state index in [0.717, 1.165) is 24.0 Å². The number of amides is 1. The number of aromatic nitrogens is 2. The van der Waals surface area contributed by atoms with Gasteiger partial charge in [0.05, 0.1) is 18.3 Å². The zero-order valence-corrected chi connectivity index (χ0v) is 14.4. The Balaban J connectivity index is 1.59. The molecule has 1 fully saturated rings. The highest BCUT2D eigenvalue weighted by Crippen LogP contribution is 2.38. The van der Waals surface area contributed by atoms with Gasteiger partial charge in [0.15, 0.2) is 0 Å². The molecule has 2 N–H and O–H groups in total. The average molecular weight is 348 g/mol. The van der Waals surface area contributed by atoms with E-state index >= 15 is 0 Å². The van der Waals surface area contributed by atoms with E-state index in [0.29, 0.717) is 17.9 Å². The number of nitrogens with one attached hydrogen (secondary N) is 1. The van der Waals surface area contributed by atoms with Crippen LogP contribution in [0.4, 0.5) is 0 Å². The lowest BCUT2D eigenvalue weighted by Crippen LogP contribution is -2.41. The number of aryl methyl sites for hydroxylation is 2.